The number of rotatable bonds is 7. The minimum Gasteiger partial charge on any atom is -0.493 e. The molecular formula is C26H28BrNO5. The Labute approximate surface area is 201 Å². The normalized spacial score (nSPS) is 18.4. The van der Waals surface area contributed by atoms with Crippen molar-refractivity contribution >= 4 is 33.5 Å². The van der Waals surface area contributed by atoms with Crippen molar-refractivity contribution in [2.45, 2.75) is 38.1 Å². The summed E-state index contributed by atoms with van der Waals surface area (Å²) in [6, 6.07) is 5.79. The Kier molecular flexibility index (Phi) is 5.99. The Balaban J connectivity index is 1.74. The number of fused-ring (bicyclic) bond motifs is 5. The van der Waals surface area contributed by atoms with Crippen LogP contribution in [0, 0.1) is 0 Å². The van der Waals surface area contributed by atoms with Gasteiger partial charge in [0.05, 0.1) is 25.8 Å². The largest absolute Gasteiger partial charge is 0.493 e. The van der Waals surface area contributed by atoms with Gasteiger partial charge in [-0.05, 0) is 60.6 Å². The molecule has 2 aromatic carbocycles. The maximum absolute atomic E-state index is 13.6. The van der Waals surface area contributed by atoms with Crippen LogP contribution in [-0.2, 0) is 6.42 Å². The quantitative estimate of drug-likeness (QED) is 0.417. The molecule has 0 N–H and O–H groups in total. The first-order valence-electron chi connectivity index (χ1n) is 11.3. The molecule has 0 fully saturated rings. The fourth-order valence-electron chi connectivity index (χ4n) is 5.27. The van der Waals surface area contributed by atoms with E-state index in [1.165, 1.54) is 11.1 Å². The van der Waals surface area contributed by atoms with Crippen LogP contribution in [0.4, 0.5) is 0 Å². The monoisotopic (exact) mass is 513 g/mol. The minimum atomic E-state index is -0.131. The molecule has 1 aliphatic carbocycles. The van der Waals surface area contributed by atoms with Gasteiger partial charge in [0.25, 0.3) is 5.91 Å². The molecular weight excluding hydrogens is 486 g/mol. The van der Waals surface area contributed by atoms with Crippen LogP contribution in [0.15, 0.2) is 18.2 Å². The maximum Gasteiger partial charge on any atom is 0.255 e. The molecule has 7 heteroatoms. The van der Waals surface area contributed by atoms with Gasteiger partial charge in [0.2, 0.25) is 6.79 Å². The number of benzene rings is 2. The van der Waals surface area contributed by atoms with Crippen molar-refractivity contribution in [2.24, 2.45) is 0 Å². The van der Waals surface area contributed by atoms with Crippen molar-refractivity contribution in [3.63, 3.8) is 0 Å². The van der Waals surface area contributed by atoms with E-state index >= 15 is 0 Å². The number of ether oxygens (including phenoxy) is 4. The van der Waals surface area contributed by atoms with Crippen molar-refractivity contribution in [3.8, 4) is 23.0 Å². The molecule has 2 aliphatic heterocycles. The number of alkyl halides is 1. The second-order valence-electron chi connectivity index (χ2n) is 8.62. The highest BCUT2D eigenvalue weighted by Crippen LogP contribution is 2.47. The summed E-state index contributed by atoms with van der Waals surface area (Å²) >= 11 is 3.50. The number of hydrogen-bond acceptors (Lipinski definition) is 5. The number of halogens is 1. The number of nitrogens with zero attached hydrogens (tertiary/aromatic N) is 1. The van der Waals surface area contributed by atoms with Gasteiger partial charge in [0.15, 0.2) is 23.0 Å². The number of carbonyl (C=O) groups is 1. The zero-order chi connectivity index (χ0) is 23.1. The molecule has 3 aliphatic rings. The third-order valence-corrected chi connectivity index (χ3v) is 7.35. The van der Waals surface area contributed by atoms with Crippen molar-refractivity contribution in [3.05, 3.63) is 45.3 Å². The second-order valence-corrected chi connectivity index (χ2v) is 9.41. The van der Waals surface area contributed by atoms with Crippen LogP contribution >= 0.6 is 15.9 Å². The highest BCUT2D eigenvalue weighted by Gasteiger charge is 2.40. The Hall–Kier alpha value is -2.67. The second kappa shape index (κ2) is 8.93. The van der Waals surface area contributed by atoms with E-state index in [2.05, 4.69) is 28.1 Å². The lowest BCUT2D eigenvalue weighted by Gasteiger charge is -2.32. The summed E-state index contributed by atoms with van der Waals surface area (Å²) in [5, 5.41) is 2.96. The number of unbranched alkanes of at least 4 members (excludes halogenated alkanes) is 3. The van der Waals surface area contributed by atoms with Gasteiger partial charge in [-0.3, -0.25) is 4.79 Å². The Morgan fingerprint density at radius 3 is 2.64 bits per heavy atom. The smallest absolute Gasteiger partial charge is 0.255 e. The topological polar surface area (TPSA) is 57.2 Å². The lowest BCUT2D eigenvalue weighted by Crippen LogP contribution is -2.46. The average Bonchev–Trinajstić information content (AvgIpc) is 3.43. The molecule has 6 nitrogen and oxygen atoms in total. The van der Waals surface area contributed by atoms with Crippen LogP contribution in [0.25, 0.3) is 11.6 Å². The molecule has 1 amide bonds. The third-order valence-electron chi connectivity index (χ3n) is 6.79. The van der Waals surface area contributed by atoms with E-state index in [1.54, 1.807) is 14.2 Å². The summed E-state index contributed by atoms with van der Waals surface area (Å²) in [5.41, 5.74) is 4.15. The van der Waals surface area contributed by atoms with Crippen molar-refractivity contribution in [1.82, 2.24) is 4.90 Å². The van der Waals surface area contributed by atoms with Crippen molar-refractivity contribution in [1.29, 1.82) is 0 Å². The predicted molar refractivity (Wildman–Crippen MR) is 130 cm³/mol. The molecule has 0 radical (unpaired) electrons. The summed E-state index contributed by atoms with van der Waals surface area (Å²) in [4.78, 5) is 15.4. The molecule has 0 spiro atoms. The summed E-state index contributed by atoms with van der Waals surface area (Å²) in [5.74, 6) is 2.77. The van der Waals surface area contributed by atoms with Gasteiger partial charge >= 0.3 is 0 Å². The zero-order valence-electron chi connectivity index (χ0n) is 19.2. The first-order valence-corrected chi connectivity index (χ1v) is 12.4. The standard InChI is InChI=1S/C26H28BrNO5/c1-28-24-17-12-21-20(32-14-33-21)11-15(17)10-18(24)23-16(8-6-4-5-7-9-27)25(31-3)22(30-2)13-19(23)26(28)29/h8,11-13,24H,4-7,9-10,14H2,1-3H3. The average molecular weight is 514 g/mol. The Morgan fingerprint density at radius 2 is 1.91 bits per heavy atom. The molecule has 0 aromatic heterocycles. The molecule has 1 unspecified atom stereocenters. The molecule has 2 aromatic rings. The van der Waals surface area contributed by atoms with E-state index in [0.717, 1.165) is 64.9 Å². The molecule has 33 heavy (non-hydrogen) atoms. The SMILES string of the molecule is COc1cc2c(c(=CCCCCCBr)c1OC)=C1Cc3cc4c(cc3C1N(C)C2=O)OCO4. The molecule has 1 atom stereocenters. The van der Waals surface area contributed by atoms with E-state index in [4.69, 9.17) is 18.9 Å². The number of methoxy groups -OCH3 is 2. The van der Waals surface area contributed by atoms with Gasteiger partial charge in [0.1, 0.15) is 0 Å². The van der Waals surface area contributed by atoms with Gasteiger partial charge in [-0.2, -0.15) is 0 Å². The van der Waals surface area contributed by atoms with Crippen molar-refractivity contribution in [2.75, 3.05) is 33.4 Å². The van der Waals surface area contributed by atoms with Crippen LogP contribution in [0.1, 0.15) is 53.2 Å². The van der Waals surface area contributed by atoms with Gasteiger partial charge in [0, 0.05) is 22.8 Å². The lowest BCUT2D eigenvalue weighted by molar-refractivity contribution is 0.0755. The third kappa shape index (κ3) is 3.57. The van der Waals surface area contributed by atoms with Crippen LogP contribution in [-0.4, -0.2) is 44.2 Å². The highest BCUT2D eigenvalue weighted by atomic mass is 79.9. The Morgan fingerprint density at radius 1 is 1.12 bits per heavy atom. The van der Waals surface area contributed by atoms with Crippen LogP contribution < -0.4 is 29.4 Å². The van der Waals surface area contributed by atoms with E-state index < -0.39 is 0 Å². The zero-order valence-corrected chi connectivity index (χ0v) is 20.8. The first kappa shape index (κ1) is 22.1. The first-order chi connectivity index (χ1) is 16.1. The predicted octanol–water partition coefficient (Wildman–Crippen LogP) is 3.70. The van der Waals surface area contributed by atoms with E-state index in [1.807, 2.05) is 24.1 Å². The van der Waals surface area contributed by atoms with Gasteiger partial charge < -0.3 is 23.8 Å². The number of carbonyl (C=O) groups excluding carboxylic acids is 1. The fraction of sp³-hybridized carbons (Fsp3) is 0.423. The highest BCUT2D eigenvalue weighted by molar-refractivity contribution is 9.09. The van der Waals surface area contributed by atoms with Crippen molar-refractivity contribution < 1.29 is 23.7 Å². The molecule has 2 heterocycles. The van der Waals surface area contributed by atoms with Gasteiger partial charge in [-0.1, -0.05) is 28.4 Å². The summed E-state index contributed by atoms with van der Waals surface area (Å²) in [7, 11) is 5.15. The van der Waals surface area contributed by atoms with Gasteiger partial charge in [-0.25, -0.2) is 0 Å². The summed E-state index contributed by atoms with van der Waals surface area (Å²) in [6.07, 6.45) is 7.25. The molecule has 0 saturated heterocycles. The molecule has 0 bridgehead atoms. The number of amides is 1. The minimum absolute atomic E-state index is 0.0147. The van der Waals surface area contributed by atoms with Crippen LogP contribution in [0.3, 0.4) is 0 Å². The van der Waals surface area contributed by atoms with Crippen LogP contribution in [0.5, 0.6) is 23.0 Å². The lowest BCUT2D eigenvalue weighted by atomic mass is 9.92. The Bertz CT molecular complexity index is 1240. The van der Waals surface area contributed by atoms with E-state index in [0.29, 0.717) is 17.1 Å². The molecule has 174 valence electrons. The maximum atomic E-state index is 13.6. The van der Waals surface area contributed by atoms with E-state index in [-0.39, 0.29) is 18.7 Å². The number of hydrogen-bond donors (Lipinski definition) is 0. The fourth-order valence-corrected chi connectivity index (χ4v) is 5.66. The van der Waals surface area contributed by atoms with E-state index in [9.17, 15) is 4.79 Å². The summed E-state index contributed by atoms with van der Waals surface area (Å²) in [6.45, 7) is 0.238. The summed E-state index contributed by atoms with van der Waals surface area (Å²) < 4.78 is 22.7. The molecule has 0 saturated carbocycles. The van der Waals surface area contributed by atoms with Gasteiger partial charge in [-0.15, -0.1) is 0 Å². The van der Waals surface area contributed by atoms with Crippen LogP contribution in [0.2, 0.25) is 0 Å². The molecule has 5 rings (SSSR count).